The van der Waals surface area contributed by atoms with Crippen LogP contribution in [0.5, 0.6) is 0 Å². The van der Waals surface area contributed by atoms with E-state index in [9.17, 15) is 17.6 Å². The van der Waals surface area contributed by atoms with Gasteiger partial charge in [0.2, 0.25) is 0 Å². The first kappa shape index (κ1) is 16.0. The fourth-order valence-electron chi connectivity index (χ4n) is 2.46. The molecule has 0 atom stereocenters. The van der Waals surface area contributed by atoms with E-state index < -0.39 is 17.6 Å². The monoisotopic (exact) mass is 335 g/mol. The van der Waals surface area contributed by atoms with Crippen LogP contribution in [0, 0.1) is 5.82 Å². The number of benzene rings is 2. The highest BCUT2D eigenvalue weighted by atomic mass is 19.4. The van der Waals surface area contributed by atoms with Gasteiger partial charge in [-0.3, -0.25) is 0 Å². The summed E-state index contributed by atoms with van der Waals surface area (Å²) in [6, 6.07) is 11.8. The molecule has 0 unspecified atom stereocenters. The molecule has 0 aliphatic carbocycles. The topological polar surface area (TPSA) is 43.8 Å². The predicted octanol–water partition coefficient (Wildman–Crippen LogP) is 4.34. The summed E-state index contributed by atoms with van der Waals surface area (Å²) in [5, 5.41) is 0. The standard InChI is InChI=1S/C17H13F4N3/c18-12-6-7-13(14(8-12)17(19,20)21)15-16(22)24(10-23-15)9-11-4-2-1-3-5-11/h1-8,10H,9,22H2. The van der Waals surface area contributed by atoms with Crippen molar-refractivity contribution in [1.29, 1.82) is 0 Å². The first-order chi connectivity index (χ1) is 11.4. The van der Waals surface area contributed by atoms with Gasteiger partial charge in [0.25, 0.3) is 0 Å². The SMILES string of the molecule is Nc1c(-c2ccc(F)cc2C(F)(F)F)ncn1Cc1ccccc1. The molecule has 7 heteroatoms. The van der Waals surface area contributed by atoms with E-state index in [4.69, 9.17) is 5.73 Å². The van der Waals surface area contributed by atoms with E-state index in [1.54, 1.807) is 4.57 Å². The molecule has 0 aliphatic heterocycles. The van der Waals surface area contributed by atoms with Crippen LogP contribution in [0.25, 0.3) is 11.3 Å². The molecule has 0 amide bonds. The summed E-state index contributed by atoms with van der Waals surface area (Å²) in [6.07, 6.45) is -3.33. The van der Waals surface area contributed by atoms with Crippen molar-refractivity contribution in [1.82, 2.24) is 9.55 Å². The lowest BCUT2D eigenvalue weighted by Gasteiger charge is -2.12. The number of imidazole rings is 1. The normalized spacial score (nSPS) is 11.7. The Labute approximate surface area is 135 Å². The number of hydrogen-bond acceptors (Lipinski definition) is 2. The van der Waals surface area contributed by atoms with Gasteiger partial charge in [-0.05, 0) is 23.8 Å². The molecule has 24 heavy (non-hydrogen) atoms. The van der Waals surface area contributed by atoms with Gasteiger partial charge in [0.15, 0.2) is 0 Å². The average molecular weight is 335 g/mol. The van der Waals surface area contributed by atoms with Crippen molar-refractivity contribution >= 4 is 5.82 Å². The molecule has 1 aromatic heterocycles. The number of alkyl halides is 3. The van der Waals surface area contributed by atoms with E-state index in [0.717, 1.165) is 17.7 Å². The van der Waals surface area contributed by atoms with Crippen molar-refractivity contribution in [3.8, 4) is 11.3 Å². The molecule has 3 rings (SSSR count). The highest BCUT2D eigenvalue weighted by Gasteiger charge is 2.35. The van der Waals surface area contributed by atoms with Crippen molar-refractivity contribution < 1.29 is 17.6 Å². The summed E-state index contributed by atoms with van der Waals surface area (Å²) in [4.78, 5) is 4.00. The summed E-state index contributed by atoms with van der Waals surface area (Å²) < 4.78 is 54.3. The van der Waals surface area contributed by atoms with Crippen LogP contribution in [-0.4, -0.2) is 9.55 Å². The molecular weight excluding hydrogens is 322 g/mol. The number of rotatable bonds is 3. The number of anilines is 1. The Kier molecular flexibility index (Phi) is 4.01. The Morgan fingerprint density at radius 3 is 2.42 bits per heavy atom. The summed E-state index contributed by atoms with van der Waals surface area (Å²) >= 11 is 0. The molecule has 0 fully saturated rings. The van der Waals surface area contributed by atoms with Crippen molar-refractivity contribution in [3.05, 3.63) is 71.8 Å². The predicted molar refractivity (Wildman–Crippen MR) is 82.6 cm³/mol. The molecule has 0 saturated carbocycles. The van der Waals surface area contributed by atoms with Gasteiger partial charge < -0.3 is 10.3 Å². The number of nitrogens with two attached hydrogens (primary N) is 1. The number of nitrogen functional groups attached to an aromatic ring is 1. The van der Waals surface area contributed by atoms with Crippen LogP contribution >= 0.6 is 0 Å². The van der Waals surface area contributed by atoms with Crippen molar-refractivity contribution in [2.75, 3.05) is 5.73 Å². The zero-order valence-corrected chi connectivity index (χ0v) is 12.4. The minimum atomic E-state index is -4.70. The molecule has 0 bridgehead atoms. The Bertz CT molecular complexity index is 854. The fourth-order valence-corrected chi connectivity index (χ4v) is 2.46. The second-order valence-electron chi connectivity index (χ2n) is 5.28. The molecule has 2 N–H and O–H groups in total. The second-order valence-corrected chi connectivity index (χ2v) is 5.28. The van der Waals surface area contributed by atoms with Crippen LogP contribution in [0.2, 0.25) is 0 Å². The summed E-state index contributed by atoms with van der Waals surface area (Å²) in [5.74, 6) is -0.871. The van der Waals surface area contributed by atoms with Crippen molar-refractivity contribution in [2.24, 2.45) is 0 Å². The van der Waals surface area contributed by atoms with E-state index in [2.05, 4.69) is 4.98 Å². The van der Waals surface area contributed by atoms with Crippen molar-refractivity contribution in [2.45, 2.75) is 12.7 Å². The molecule has 124 valence electrons. The van der Waals surface area contributed by atoms with Crippen LogP contribution in [0.1, 0.15) is 11.1 Å². The Morgan fingerprint density at radius 2 is 1.75 bits per heavy atom. The van der Waals surface area contributed by atoms with Crippen LogP contribution in [-0.2, 0) is 12.7 Å². The van der Waals surface area contributed by atoms with E-state index in [-0.39, 0.29) is 17.1 Å². The summed E-state index contributed by atoms with van der Waals surface area (Å²) in [5.41, 5.74) is 5.55. The first-order valence-corrected chi connectivity index (χ1v) is 7.08. The number of hydrogen-bond donors (Lipinski definition) is 1. The van der Waals surface area contributed by atoms with Crippen molar-refractivity contribution in [3.63, 3.8) is 0 Å². The van der Waals surface area contributed by atoms with Crippen LogP contribution < -0.4 is 5.73 Å². The van der Waals surface area contributed by atoms with E-state index in [1.165, 1.54) is 6.33 Å². The third-order valence-electron chi connectivity index (χ3n) is 3.62. The van der Waals surface area contributed by atoms with E-state index in [0.29, 0.717) is 12.6 Å². The minimum Gasteiger partial charge on any atom is -0.383 e. The molecule has 3 aromatic rings. The molecule has 2 aromatic carbocycles. The third-order valence-corrected chi connectivity index (χ3v) is 3.62. The summed E-state index contributed by atoms with van der Waals surface area (Å²) in [7, 11) is 0. The number of aromatic nitrogens is 2. The molecular formula is C17H13F4N3. The van der Waals surface area contributed by atoms with Gasteiger partial charge in [-0.1, -0.05) is 30.3 Å². The third kappa shape index (κ3) is 3.10. The maximum Gasteiger partial charge on any atom is 0.417 e. The fraction of sp³-hybridized carbons (Fsp3) is 0.118. The zero-order chi connectivity index (χ0) is 17.3. The highest BCUT2D eigenvalue weighted by Crippen LogP contribution is 2.38. The molecule has 3 nitrogen and oxygen atoms in total. The van der Waals surface area contributed by atoms with Crippen LogP contribution in [0.3, 0.4) is 0 Å². The Hall–Kier alpha value is -2.83. The molecule has 1 heterocycles. The molecule has 0 radical (unpaired) electrons. The van der Waals surface area contributed by atoms with Gasteiger partial charge in [0.1, 0.15) is 17.3 Å². The second kappa shape index (κ2) is 5.99. The van der Waals surface area contributed by atoms with Gasteiger partial charge in [0, 0.05) is 5.56 Å². The van der Waals surface area contributed by atoms with Crippen LogP contribution in [0.4, 0.5) is 23.4 Å². The van der Waals surface area contributed by atoms with Gasteiger partial charge in [-0.25, -0.2) is 9.37 Å². The average Bonchev–Trinajstić information content (AvgIpc) is 2.89. The lowest BCUT2D eigenvalue weighted by molar-refractivity contribution is -0.137. The molecule has 0 saturated heterocycles. The first-order valence-electron chi connectivity index (χ1n) is 7.08. The molecule has 0 aliphatic rings. The molecule has 0 spiro atoms. The van der Waals surface area contributed by atoms with E-state index >= 15 is 0 Å². The van der Waals surface area contributed by atoms with Gasteiger partial charge >= 0.3 is 6.18 Å². The largest absolute Gasteiger partial charge is 0.417 e. The summed E-state index contributed by atoms with van der Waals surface area (Å²) in [6.45, 7) is 0.377. The minimum absolute atomic E-state index is 0.0155. The Balaban J connectivity index is 2.03. The number of halogens is 4. The number of nitrogens with zero attached hydrogens (tertiary/aromatic N) is 2. The lowest BCUT2D eigenvalue weighted by Crippen LogP contribution is -2.09. The highest BCUT2D eigenvalue weighted by molar-refractivity contribution is 5.73. The lowest BCUT2D eigenvalue weighted by atomic mass is 10.0. The van der Waals surface area contributed by atoms with E-state index in [1.807, 2.05) is 30.3 Å². The van der Waals surface area contributed by atoms with Gasteiger partial charge in [-0.15, -0.1) is 0 Å². The Morgan fingerprint density at radius 1 is 1.04 bits per heavy atom. The maximum atomic E-state index is 13.2. The van der Waals surface area contributed by atoms with Gasteiger partial charge in [0.05, 0.1) is 18.4 Å². The quantitative estimate of drug-likeness (QED) is 0.724. The van der Waals surface area contributed by atoms with Gasteiger partial charge in [-0.2, -0.15) is 13.2 Å². The maximum absolute atomic E-state index is 13.2. The zero-order valence-electron chi connectivity index (χ0n) is 12.4. The van der Waals surface area contributed by atoms with Crippen LogP contribution in [0.15, 0.2) is 54.9 Å². The smallest absolute Gasteiger partial charge is 0.383 e.